The van der Waals surface area contributed by atoms with Gasteiger partial charge in [-0.15, -0.1) is 9.24 Å². The van der Waals surface area contributed by atoms with E-state index >= 15 is 0 Å². The second kappa shape index (κ2) is 10.4. The fraction of sp³-hybridized carbons (Fsp3) is 0.917. The molecule has 5 unspecified atom stereocenters. The van der Waals surface area contributed by atoms with Gasteiger partial charge in [-0.05, 0) is 69.6 Å². The van der Waals surface area contributed by atoms with Crippen LogP contribution in [0.1, 0.15) is 88.0 Å². The lowest BCUT2D eigenvalue weighted by molar-refractivity contribution is -0.331. The largest absolute Gasteiger partial charge is 0.462 e. The van der Waals surface area contributed by atoms with E-state index in [1.165, 1.54) is 13.8 Å². The third-order valence-electron chi connectivity index (χ3n) is 15.8. The van der Waals surface area contributed by atoms with Crippen molar-refractivity contribution in [1.82, 2.24) is 0 Å². The van der Waals surface area contributed by atoms with E-state index in [2.05, 4.69) is 9.24 Å². The molecule has 49 heavy (non-hydrogen) atoms. The number of fused-ring (bicyclic) bond motifs is 10. The summed E-state index contributed by atoms with van der Waals surface area (Å²) in [7, 11) is 2.80. The number of ether oxygens (including phenoxy) is 4. The summed E-state index contributed by atoms with van der Waals surface area (Å²) in [6, 6.07) is -1.15. The summed E-state index contributed by atoms with van der Waals surface area (Å²) >= 11 is 0. The predicted molar refractivity (Wildman–Crippen MR) is 177 cm³/mol. The third kappa shape index (κ3) is 3.93. The first-order valence-corrected chi connectivity index (χ1v) is 18.6. The minimum Gasteiger partial charge on any atom is -0.462 e. The monoisotopic (exact) mass is 709 g/mol. The van der Waals surface area contributed by atoms with Gasteiger partial charge in [-0.25, -0.2) is 4.79 Å². The highest BCUT2D eigenvalue weighted by Crippen LogP contribution is 2.80. The van der Waals surface area contributed by atoms with Gasteiger partial charge in [0.1, 0.15) is 12.2 Å². The van der Waals surface area contributed by atoms with Gasteiger partial charge in [0, 0.05) is 48.1 Å². The molecule has 0 spiro atoms. The van der Waals surface area contributed by atoms with E-state index in [1.807, 2.05) is 34.6 Å². The lowest BCUT2D eigenvalue weighted by atomic mass is 9.40. The van der Waals surface area contributed by atoms with Crippen LogP contribution < -0.4 is 5.73 Å². The highest BCUT2D eigenvalue weighted by Gasteiger charge is 2.89. The maximum absolute atomic E-state index is 13.4. The number of esters is 3. The lowest BCUT2D eigenvalue weighted by Gasteiger charge is -2.68. The average Bonchev–Trinajstić information content (AvgIpc) is 3.67. The molecule has 7 aliphatic rings. The van der Waals surface area contributed by atoms with Crippen molar-refractivity contribution in [3.63, 3.8) is 0 Å². The Morgan fingerprint density at radius 2 is 1.71 bits per heavy atom. The zero-order valence-electron chi connectivity index (χ0n) is 30.1. The van der Waals surface area contributed by atoms with Crippen molar-refractivity contribution >= 4 is 27.1 Å². The topological polar surface area (TPSA) is 195 Å². The van der Waals surface area contributed by atoms with Crippen LogP contribution in [0.2, 0.25) is 0 Å². The zero-order chi connectivity index (χ0) is 36.4. The molecule has 0 aromatic rings. The average molecular weight is 710 g/mol. The lowest BCUT2D eigenvalue weighted by Crippen LogP contribution is -2.79. The molecule has 13 heteroatoms. The second-order valence-corrected chi connectivity index (χ2v) is 19.2. The van der Waals surface area contributed by atoms with Gasteiger partial charge in [0.15, 0.2) is 5.60 Å². The van der Waals surface area contributed by atoms with Crippen LogP contribution in [-0.2, 0) is 33.3 Å². The van der Waals surface area contributed by atoms with Gasteiger partial charge >= 0.3 is 17.9 Å². The molecule has 7 fully saturated rings. The van der Waals surface area contributed by atoms with Gasteiger partial charge in [0.25, 0.3) is 0 Å². The molecule has 12 nitrogen and oxygen atoms in total. The molecule has 6 N–H and O–H groups in total. The number of rotatable bonds is 4. The first kappa shape index (κ1) is 36.0. The van der Waals surface area contributed by atoms with E-state index in [0.717, 1.165) is 6.42 Å². The minimum absolute atomic E-state index is 0.00101. The van der Waals surface area contributed by atoms with Gasteiger partial charge in [-0.2, -0.15) is 0 Å². The Morgan fingerprint density at radius 3 is 2.31 bits per heavy atom. The van der Waals surface area contributed by atoms with Gasteiger partial charge in [-0.1, -0.05) is 27.7 Å². The molecule has 2 aliphatic heterocycles. The number of carbonyl (C=O) groups excluding carboxylic acids is 3. The molecule has 2 heterocycles. The van der Waals surface area contributed by atoms with Crippen molar-refractivity contribution < 1.29 is 53.8 Å². The fourth-order valence-electron chi connectivity index (χ4n) is 13.3. The maximum atomic E-state index is 13.4. The summed E-state index contributed by atoms with van der Waals surface area (Å²) < 4.78 is 25.0. The quantitative estimate of drug-likeness (QED) is 0.161. The number of aliphatic hydroxyl groups excluding tert-OH is 2. The number of hydrogen-bond donors (Lipinski definition) is 5. The van der Waals surface area contributed by atoms with Gasteiger partial charge in [0.05, 0.1) is 35.4 Å². The van der Waals surface area contributed by atoms with E-state index in [1.54, 1.807) is 13.8 Å². The Bertz CT molecular complexity index is 1480. The molecule has 5 aliphatic carbocycles. The maximum Gasteiger partial charge on any atom is 0.341 e. The summed E-state index contributed by atoms with van der Waals surface area (Å²) in [6.45, 7) is 15.5. The molecular weight excluding hydrogens is 653 g/mol. The number of aliphatic hydroxyl groups is 4. The van der Waals surface area contributed by atoms with Crippen molar-refractivity contribution in [3.8, 4) is 0 Å². The number of hydrogen-bond acceptors (Lipinski definition) is 12. The molecule has 0 radical (unpaired) electrons. The molecule has 7 rings (SSSR count). The van der Waals surface area contributed by atoms with Crippen LogP contribution in [-0.4, -0.2) is 97.0 Å². The standard InChI is InChI=1S/C36H56NO11P/c1-14(2)10-21(39)46-28-18-11-17(18)13-35(44)26(37)24(40)22-19(31(28,35)6)12-20(45-16(4)38)30(5)23(22)27(41)36(49)25(30)15(3)47-34(9)33(36,8)32(7,43)29(42)48-34/h14-15,17-20,22-28,40-41,43-44H,10-13,37,49H2,1-9H3/t15?,17?,18-,19?,20-,22?,23+,24+,25+,26+,27+,28-,30-,31-,32+,33-,34-,35-,36+/m0/s1. The minimum atomic E-state index is -2.10. The first-order chi connectivity index (χ1) is 22.4. The normalized spacial score (nSPS) is 59.8. The van der Waals surface area contributed by atoms with Crippen LogP contribution in [0.25, 0.3) is 0 Å². The van der Waals surface area contributed by atoms with Crippen LogP contribution in [0, 0.1) is 57.7 Å². The Hall–Kier alpha value is -1.40. The summed E-state index contributed by atoms with van der Waals surface area (Å²) in [5.74, 6) is -6.15. The summed E-state index contributed by atoms with van der Waals surface area (Å²) in [6.07, 6.45) is -3.40. The molecule has 276 valence electrons. The van der Waals surface area contributed by atoms with E-state index in [4.69, 9.17) is 24.7 Å². The Morgan fingerprint density at radius 1 is 1.08 bits per heavy atom. The number of carbonyl (C=O) groups is 3. The van der Waals surface area contributed by atoms with Gasteiger partial charge in [0.2, 0.25) is 5.79 Å². The highest BCUT2D eigenvalue weighted by atomic mass is 31.0. The molecule has 0 aromatic carbocycles. The summed E-state index contributed by atoms with van der Waals surface area (Å²) in [5.41, 5.74) is -0.589. The fourth-order valence-corrected chi connectivity index (χ4v) is 14.7. The van der Waals surface area contributed by atoms with Crippen molar-refractivity contribution in [3.05, 3.63) is 0 Å². The Kier molecular flexibility index (Phi) is 7.62. The number of nitrogens with two attached hydrogens (primary N) is 1. The highest BCUT2D eigenvalue weighted by molar-refractivity contribution is 7.19. The molecule has 2 saturated heterocycles. The Labute approximate surface area is 290 Å². The van der Waals surface area contributed by atoms with E-state index < -0.39 is 111 Å². The van der Waals surface area contributed by atoms with Crippen molar-refractivity contribution in [2.24, 2.45) is 63.4 Å². The molecule has 20 atom stereocenters. The van der Waals surface area contributed by atoms with Crippen molar-refractivity contribution in [2.75, 3.05) is 0 Å². The van der Waals surface area contributed by atoms with Crippen molar-refractivity contribution in [2.45, 2.75) is 147 Å². The van der Waals surface area contributed by atoms with Gasteiger partial charge < -0.3 is 45.1 Å². The molecule has 0 aromatic heterocycles. The SMILES string of the molecule is CC(=O)O[C@H]1CC2C([C@@H](O)[C@@H](N)[C@@]3(O)CC4C[C@@H]4[C@H](OC(=O)CC(C)C)[C@]23C)[C@@H]2[C@@H](O)[C@]3(P)[C@H](C(C)O[C@@]4(C)OC(=O)[C@@](C)(O)[C@@]43C)[C@@]12C. The smallest absolute Gasteiger partial charge is 0.341 e. The molecule has 5 saturated carbocycles. The predicted octanol–water partition coefficient (Wildman–Crippen LogP) is 1.67. The first-order valence-electron chi connectivity index (χ1n) is 18.0. The zero-order valence-corrected chi connectivity index (χ0v) is 31.3. The van der Waals surface area contributed by atoms with E-state index in [-0.39, 0.29) is 36.6 Å². The summed E-state index contributed by atoms with van der Waals surface area (Å²) in [4.78, 5) is 39.7. The molecular formula is C36H56NO11P. The van der Waals surface area contributed by atoms with Crippen LogP contribution in [0.3, 0.4) is 0 Å². The van der Waals surface area contributed by atoms with Crippen LogP contribution >= 0.6 is 9.24 Å². The van der Waals surface area contributed by atoms with Crippen LogP contribution in [0.5, 0.6) is 0 Å². The van der Waals surface area contributed by atoms with Crippen LogP contribution in [0.4, 0.5) is 0 Å². The summed E-state index contributed by atoms with van der Waals surface area (Å²) in [5, 5.41) is 48.8. The Balaban J connectivity index is 1.44. The van der Waals surface area contributed by atoms with E-state index in [9.17, 15) is 34.8 Å². The van der Waals surface area contributed by atoms with E-state index in [0.29, 0.717) is 6.42 Å². The second-order valence-electron chi connectivity index (χ2n) is 18.2. The molecule has 0 amide bonds. The third-order valence-corrected chi connectivity index (χ3v) is 17.1. The molecule has 0 bridgehead atoms. The van der Waals surface area contributed by atoms with Crippen LogP contribution in [0.15, 0.2) is 0 Å². The van der Waals surface area contributed by atoms with Gasteiger partial charge in [-0.3, -0.25) is 9.59 Å². The van der Waals surface area contributed by atoms with Crippen molar-refractivity contribution in [1.29, 1.82) is 0 Å².